The molecule has 1 atom stereocenters. The van der Waals surface area contributed by atoms with Crippen LogP contribution in [0.2, 0.25) is 0 Å². The molecule has 0 bridgehead atoms. The van der Waals surface area contributed by atoms with Gasteiger partial charge in [-0.3, -0.25) is 14.4 Å². The third kappa shape index (κ3) is 2.55. The highest BCUT2D eigenvalue weighted by Gasteiger charge is 2.34. The Morgan fingerprint density at radius 2 is 2.20 bits per heavy atom. The first-order chi connectivity index (χ1) is 7.10. The molecule has 5 heteroatoms. The highest BCUT2D eigenvalue weighted by molar-refractivity contribution is 6.01. The van der Waals surface area contributed by atoms with Crippen molar-refractivity contribution in [3.8, 4) is 0 Å². The number of rotatable bonds is 2. The van der Waals surface area contributed by atoms with Gasteiger partial charge in [-0.25, -0.2) is 0 Å². The minimum Gasteiger partial charge on any atom is -0.468 e. The fraction of sp³-hybridized carbons (Fsp3) is 0.700. The van der Waals surface area contributed by atoms with Gasteiger partial charge in [0.15, 0.2) is 5.78 Å². The molecular weight excluding hydrogens is 198 g/mol. The van der Waals surface area contributed by atoms with Crippen molar-refractivity contribution in [3.05, 3.63) is 0 Å². The number of methoxy groups -OCH3 is 1. The van der Waals surface area contributed by atoms with Crippen molar-refractivity contribution in [1.29, 1.82) is 0 Å². The molecule has 5 nitrogen and oxygen atoms in total. The summed E-state index contributed by atoms with van der Waals surface area (Å²) in [5.74, 6) is -1.46. The van der Waals surface area contributed by atoms with E-state index in [1.807, 2.05) is 0 Å². The van der Waals surface area contributed by atoms with Gasteiger partial charge in [-0.15, -0.1) is 0 Å². The van der Waals surface area contributed by atoms with Crippen molar-refractivity contribution in [2.75, 3.05) is 20.2 Å². The molecule has 0 radical (unpaired) electrons. The molecule has 1 aliphatic rings. The Bertz CT molecular complexity index is 287. The van der Waals surface area contributed by atoms with Crippen LogP contribution in [0.25, 0.3) is 0 Å². The number of hydrogen-bond acceptors (Lipinski definition) is 4. The Morgan fingerprint density at radius 1 is 1.53 bits per heavy atom. The van der Waals surface area contributed by atoms with E-state index in [-0.39, 0.29) is 18.2 Å². The SMILES string of the molecule is CCC(=O)N1CCC(C(=O)OC)C(=O)C1. The van der Waals surface area contributed by atoms with Crippen molar-refractivity contribution in [1.82, 2.24) is 4.90 Å². The van der Waals surface area contributed by atoms with Crippen molar-refractivity contribution in [2.45, 2.75) is 19.8 Å². The van der Waals surface area contributed by atoms with Crippen LogP contribution >= 0.6 is 0 Å². The summed E-state index contributed by atoms with van der Waals surface area (Å²) in [6.45, 7) is 2.24. The summed E-state index contributed by atoms with van der Waals surface area (Å²) in [6, 6.07) is 0. The molecular formula is C10H15NO4. The third-order valence-corrected chi connectivity index (χ3v) is 2.56. The van der Waals surface area contributed by atoms with Gasteiger partial charge in [-0.05, 0) is 6.42 Å². The van der Waals surface area contributed by atoms with E-state index in [1.165, 1.54) is 12.0 Å². The van der Waals surface area contributed by atoms with Crippen LogP contribution in [0.4, 0.5) is 0 Å². The number of likely N-dealkylation sites (tertiary alicyclic amines) is 1. The molecule has 1 unspecified atom stereocenters. The lowest BCUT2D eigenvalue weighted by Crippen LogP contribution is -2.46. The highest BCUT2D eigenvalue weighted by atomic mass is 16.5. The van der Waals surface area contributed by atoms with Crippen LogP contribution in [0.1, 0.15) is 19.8 Å². The first-order valence-electron chi connectivity index (χ1n) is 4.98. The molecule has 1 fully saturated rings. The molecule has 1 heterocycles. The first kappa shape index (κ1) is 11.7. The second-order valence-electron chi connectivity index (χ2n) is 3.50. The summed E-state index contributed by atoms with van der Waals surface area (Å²) in [7, 11) is 1.26. The van der Waals surface area contributed by atoms with E-state index in [0.29, 0.717) is 19.4 Å². The smallest absolute Gasteiger partial charge is 0.316 e. The molecule has 0 aliphatic carbocycles. The Balaban J connectivity index is 2.59. The van der Waals surface area contributed by atoms with Crippen molar-refractivity contribution in [3.63, 3.8) is 0 Å². The lowest BCUT2D eigenvalue weighted by Gasteiger charge is -2.29. The maximum atomic E-state index is 11.5. The lowest BCUT2D eigenvalue weighted by atomic mass is 9.95. The van der Waals surface area contributed by atoms with Gasteiger partial charge in [0.05, 0.1) is 13.7 Å². The van der Waals surface area contributed by atoms with Crippen LogP contribution < -0.4 is 0 Å². The van der Waals surface area contributed by atoms with Crippen molar-refractivity contribution in [2.24, 2.45) is 5.92 Å². The van der Waals surface area contributed by atoms with Crippen LogP contribution in [0.3, 0.4) is 0 Å². The summed E-state index contributed by atoms with van der Waals surface area (Å²) >= 11 is 0. The van der Waals surface area contributed by atoms with Crippen LogP contribution in [0, 0.1) is 5.92 Å². The van der Waals surface area contributed by atoms with Crippen LogP contribution in [-0.4, -0.2) is 42.8 Å². The van der Waals surface area contributed by atoms with Gasteiger partial charge in [0, 0.05) is 13.0 Å². The quantitative estimate of drug-likeness (QED) is 0.478. The Kier molecular flexibility index (Phi) is 3.82. The summed E-state index contributed by atoms with van der Waals surface area (Å²) in [5.41, 5.74) is 0. The Labute approximate surface area is 88.4 Å². The number of carbonyl (C=O) groups excluding carboxylic acids is 3. The second kappa shape index (κ2) is 4.91. The van der Waals surface area contributed by atoms with Gasteiger partial charge in [0.25, 0.3) is 0 Å². The number of carbonyl (C=O) groups is 3. The first-order valence-corrected chi connectivity index (χ1v) is 4.98. The van der Waals surface area contributed by atoms with Gasteiger partial charge in [-0.2, -0.15) is 0 Å². The number of hydrogen-bond donors (Lipinski definition) is 0. The maximum Gasteiger partial charge on any atom is 0.316 e. The summed E-state index contributed by atoms with van der Waals surface area (Å²) < 4.78 is 4.52. The number of amides is 1. The fourth-order valence-corrected chi connectivity index (χ4v) is 1.65. The normalized spacial score (nSPS) is 21.3. The fourth-order valence-electron chi connectivity index (χ4n) is 1.65. The van der Waals surface area contributed by atoms with Gasteiger partial charge in [-0.1, -0.05) is 6.92 Å². The van der Waals surface area contributed by atoms with E-state index in [9.17, 15) is 14.4 Å². The number of ketones is 1. The van der Waals surface area contributed by atoms with Gasteiger partial charge in [0.1, 0.15) is 5.92 Å². The zero-order valence-electron chi connectivity index (χ0n) is 8.99. The van der Waals surface area contributed by atoms with Crippen LogP contribution in [-0.2, 0) is 19.1 Å². The lowest BCUT2D eigenvalue weighted by molar-refractivity contribution is -0.154. The van der Waals surface area contributed by atoms with E-state index in [1.54, 1.807) is 6.92 Å². The molecule has 0 saturated carbocycles. The minimum atomic E-state index is -0.684. The summed E-state index contributed by atoms with van der Waals surface area (Å²) in [5, 5.41) is 0. The molecule has 0 aromatic rings. The predicted octanol–water partition coefficient (Wildman–Crippen LogP) is -0.0130. The second-order valence-corrected chi connectivity index (χ2v) is 3.50. The molecule has 1 amide bonds. The number of nitrogens with zero attached hydrogens (tertiary/aromatic N) is 1. The van der Waals surface area contributed by atoms with E-state index in [0.717, 1.165) is 0 Å². The summed E-state index contributed by atoms with van der Waals surface area (Å²) in [4.78, 5) is 35.5. The molecule has 0 N–H and O–H groups in total. The van der Waals surface area contributed by atoms with E-state index in [4.69, 9.17) is 0 Å². The van der Waals surface area contributed by atoms with Crippen molar-refractivity contribution >= 4 is 17.7 Å². The third-order valence-electron chi connectivity index (χ3n) is 2.56. The predicted molar refractivity (Wildman–Crippen MR) is 52.0 cm³/mol. The number of ether oxygens (including phenoxy) is 1. The topological polar surface area (TPSA) is 63.7 Å². The van der Waals surface area contributed by atoms with Crippen molar-refractivity contribution < 1.29 is 19.1 Å². The highest BCUT2D eigenvalue weighted by Crippen LogP contribution is 2.15. The summed E-state index contributed by atoms with van der Waals surface area (Å²) in [6.07, 6.45) is 0.757. The monoisotopic (exact) mass is 213 g/mol. The van der Waals surface area contributed by atoms with E-state index >= 15 is 0 Å². The van der Waals surface area contributed by atoms with E-state index in [2.05, 4.69) is 4.74 Å². The van der Waals surface area contributed by atoms with Crippen LogP contribution in [0.5, 0.6) is 0 Å². The molecule has 0 spiro atoms. The molecule has 0 aromatic heterocycles. The zero-order valence-corrected chi connectivity index (χ0v) is 8.99. The van der Waals surface area contributed by atoms with Gasteiger partial charge in [0.2, 0.25) is 5.91 Å². The average molecular weight is 213 g/mol. The molecule has 1 saturated heterocycles. The number of esters is 1. The van der Waals surface area contributed by atoms with Gasteiger partial charge >= 0.3 is 5.97 Å². The van der Waals surface area contributed by atoms with E-state index < -0.39 is 11.9 Å². The molecule has 0 aromatic carbocycles. The molecule has 84 valence electrons. The van der Waals surface area contributed by atoms with Crippen LogP contribution in [0.15, 0.2) is 0 Å². The largest absolute Gasteiger partial charge is 0.468 e. The Hall–Kier alpha value is -1.39. The van der Waals surface area contributed by atoms with Gasteiger partial charge < -0.3 is 9.64 Å². The maximum absolute atomic E-state index is 11.5. The number of Topliss-reactive ketones (excluding diaryl/α,β-unsaturated/α-hetero) is 1. The standard InChI is InChI=1S/C10H15NO4/c1-3-9(13)11-5-4-7(8(12)6-11)10(14)15-2/h7H,3-6H2,1-2H3. The Morgan fingerprint density at radius 3 is 2.67 bits per heavy atom. The number of piperidine rings is 1. The molecule has 15 heavy (non-hydrogen) atoms. The molecule has 1 rings (SSSR count). The molecule has 1 aliphatic heterocycles. The zero-order chi connectivity index (χ0) is 11.4. The minimum absolute atomic E-state index is 0.0342. The average Bonchev–Trinajstić information content (AvgIpc) is 2.26.